The molecule has 0 spiro atoms. The van der Waals surface area contributed by atoms with Crippen molar-refractivity contribution in [2.45, 2.75) is 0 Å². The molecule has 0 bridgehead atoms. The van der Waals surface area contributed by atoms with Crippen LogP contribution in [-0.4, -0.2) is 104 Å². The minimum absolute atomic E-state index is 0.0237. The average molecular weight is 360 g/mol. The van der Waals surface area contributed by atoms with Crippen molar-refractivity contribution in [3.05, 3.63) is 24.4 Å². The summed E-state index contributed by atoms with van der Waals surface area (Å²) in [4.78, 5) is 36.9. The number of carbonyl (C=O) groups is 2. The molecule has 142 valence electrons. The second kappa shape index (κ2) is 8.95. The number of nitrogens with one attached hydrogen (secondary N) is 1. The van der Waals surface area contributed by atoms with Gasteiger partial charge in [-0.15, -0.1) is 0 Å². The number of nitrogens with zero attached hydrogens (tertiary/aromatic N) is 5. The van der Waals surface area contributed by atoms with E-state index in [-0.39, 0.29) is 11.8 Å². The Morgan fingerprint density at radius 2 is 1.62 bits per heavy atom. The fourth-order valence-corrected chi connectivity index (χ4v) is 3.40. The van der Waals surface area contributed by atoms with Crippen molar-refractivity contribution >= 4 is 17.6 Å². The predicted molar refractivity (Wildman–Crippen MR) is 100.0 cm³/mol. The molecule has 0 unspecified atom stereocenters. The second-order valence-corrected chi connectivity index (χ2v) is 6.78. The smallest absolute Gasteiger partial charge is 0.236 e. The summed E-state index contributed by atoms with van der Waals surface area (Å²) >= 11 is 0. The molecule has 3 rings (SSSR count). The summed E-state index contributed by atoms with van der Waals surface area (Å²) in [5.41, 5.74) is 0. The van der Waals surface area contributed by atoms with Crippen LogP contribution in [0, 0.1) is 0 Å². The normalized spacial score (nSPS) is 19.4. The van der Waals surface area contributed by atoms with Gasteiger partial charge in [0.05, 0.1) is 13.1 Å². The summed E-state index contributed by atoms with van der Waals surface area (Å²) in [5, 5.41) is 2.64. The molecule has 8 nitrogen and oxygen atoms in total. The zero-order valence-corrected chi connectivity index (χ0v) is 15.4. The maximum Gasteiger partial charge on any atom is 0.236 e. The molecule has 2 aliphatic heterocycles. The Hall–Kier alpha value is -2.19. The third-order valence-electron chi connectivity index (χ3n) is 5.08. The number of likely N-dealkylation sites (N-methyl/N-ethyl adjacent to an activating group) is 1. The number of hydrogen-bond acceptors (Lipinski definition) is 6. The highest BCUT2D eigenvalue weighted by molar-refractivity contribution is 5.79. The highest BCUT2D eigenvalue weighted by atomic mass is 16.2. The van der Waals surface area contributed by atoms with Crippen molar-refractivity contribution in [1.82, 2.24) is 25.0 Å². The minimum Gasteiger partial charge on any atom is -0.358 e. The van der Waals surface area contributed by atoms with Crippen molar-refractivity contribution in [2.75, 3.05) is 77.4 Å². The topological polar surface area (TPSA) is 72.0 Å². The van der Waals surface area contributed by atoms with Crippen molar-refractivity contribution in [2.24, 2.45) is 0 Å². The number of carbonyl (C=O) groups excluding carboxylic acids is 2. The Balaban J connectivity index is 1.39. The quantitative estimate of drug-likeness (QED) is 0.733. The van der Waals surface area contributed by atoms with Crippen molar-refractivity contribution in [3.8, 4) is 0 Å². The molecular weight excluding hydrogens is 332 g/mol. The zero-order chi connectivity index (χ0) is 18.4. The molecule has 1 N–H and O–H groups in total. The number of hydrogen-bond donors (Lipinski definition) is 1. The number of rotatable bonds is 5. The molecule has 1 aromatic rings. The first-order valence-electron chi connectivity index (χ1n) is 9.25. The first-order chi connectivity index (χ1) is 12.7. The Kier molecular flexibility index (Phi) is 6.40. The maximum absolute atomic E-state index is 12.6. The van der Waals surface area contributed by atoms with Crippen molar-refractivity contribution in [1.29, 1.82) is 0 Å². The predicted octanol–water partition coefficient (Wildman–Crippen LogP) is -0.906. The SMILES string of the molecule is CNC(=O)CN1CCN(C(=O)CN2CCN(c3ccccn3)CC2)CC1. The highest BCUT2D eigenvalue weighted by Gasteiger charge is 2.25. The molecule has 2 amide bonds. The lowest BCUT2D eigenvalue weighted by Crippen LogP contribution is -2.54. The molecular formula is C18H28N6O2. The van der Waals surface area contributed by atoms with Gasteiger partial charge in [0.25, 0.3) is 0 Å². The average Bonchev–Trinajstić information content (AvgIpc) is 2.69. The molecule has 1 aromatic heterocycles. The van der Waals surface area contributed by atoms with Crippen molar-refractivity contribution < 1.29 is 9.59 Å². The van der Waals surface area contributed by atoms with Gasteiger partial charge < -0.3 is 15.1 Å². The lowest BCUT2D eigenvalue weighted by atomic mass is 10.2. The van der Waals surface area contributed by atoms with Gasteiger partial charge in [-0.1, -0.05) is 6.07 Å². The zero-order valence-electron chi connectivity index (χ0n) is 15.4. The maximum atomic E-state index is 12.6. The number of anilines is 1. The summed E-state index contributed by atoms with van der Waals surface area (Å²) in [6.07, 6.45) is 1.81. The van der Waals surface area contributed by atoms with Gasteiger partial charge in [-0.3, -0.25) is 19.4 Å². The van der Waals surface area contributed by atoms with Crippen LogP contribution in [0.1, 0.15) is 0 Å². The molecule has 26 heavy (non-hydrogen) atoms. The van der Waals surface area contributed by atoms with Gasteiger partial charge in [-0.05, 0) is 12.1 Å². The standard InChI is InChI=1S/C18H28N6O2/c1-19-17(25)14-21-8-12-24(13-9-21)18(26)15-22-6-10-23(11-7-22)16-4-2-3-5-20-16/h2-5H,6-15H2,1H3,(H,19,25). The lowest BCUT2D eigenvalue weighted by Gasteiger charge is -2.38. The second-order valence-electron chi connectivity index (χ2n) is 6.78. The Morgan fingerprint density at radius 1 is 0.962 bits per heavy atom. The molecule has 2 saturated heterocycles. The van der Waals surface area contributed by atoms with Gasteiger partial charge in [0.15, 0.2) is 0 Å². The van der Waals surface area contributed by atoms with Crippen LogP contribution in [0.3, 0.4) is 0 Å². The van der Waals surface area contributed by atoms with E-state index < -0.39 is 0 Å². The van der Waals surface area contributed by atoms with Gasteiger partial charge in [-0.2, -0.15) is 0 Å². The summed E-state index contributed by atoms with van der Waals surface area (Å²) in [5.74, 6) is 1.22. The summed E-state index contributed by atoms with van der Waals surface area (Å²) in [6.45, 7) is 7.33. The first kappa shape index (κ1) is 18.6. The first-order valence-corrected chi connectivity index (χ1v) is 9.25. The molecule has 0 radical (unpaired) electrons. The van der Waals surface area contributed by atoms with E-state index in [1.54, 1.807) is 7.05 Å². The molecule has 2 fully saturated rings. The van der Waals surface area contributed by atoms with E-state index in [0.29, 0.717) is 26.2 Å². The molecule has 8 heteroatoms. The molecule has 2 aliphatic rings. The fraction of sp³-hybridized carbons (Fsp3) is 0.611. The third-order valence-corrected chi connectivity index (χ3v) is 5.08. The third kappa shape index (κ3) is 4.92. The van der Waals surface area contributed by atoms with Gasteiger partial charge in [0, 0.05) is 65.6 Å². The summed E-state index contributed by atoms with van der Waals surface area (Å²) < 4.78 is 0. The molecule has 0 saturated carbocycles. The van der Waals surface area contributed by atoms with E-state index in [1.165, 1.54) is 0 Å². The molecule has 0 atom stereocenters. The fourth-order valence-electron chi connectivity index (χ4n) is 3.40. The Bertz CT molecular complexity index is 595. The van der Waals surface area contributed by atoms with E-state index in [2.05, 4.69) is 25.0 Å². The number of amides is 2. The molecule has 0 aliphatic carbocycles. The van der Waals surface area contributed by atoms with Crippen LogP contribution >= 0.6 is 0 Å². The number of piperazine rings is 2. The Labute approximate surface area is 154 Å². The summed E-state index contributed by atoms with van der Waals surface area (Å²) in [6, 6.07) is 5.95. The van der Waals surface area contributed by atoms with E-state index in [9.17, 15) is 9.59 Å². The van der Waals surface area contributed by atoms with E-state index in [4.69, 9.17) is 0 Å². The van der Waals surface area contributed by atoms with E-state index >= 15 is 0 Å². The van der Waals surface area contributed by atoms with E-state index in [1.807, 2.05) is 29.3 Å². The van der Waals surface area contributed by atoms with Gasteiger partial charge in [0.1, 0.15) is 5.82 Å². The van der Waals surface area contributed by atoms with Crippen molar-refractivity contribution in [3.63, 3.8) is 0 Å². The van der Waals surface area contributed by atoms with Crippen LogP contribution in [0.25, 0.3) is 0 Å². The van der Waals surface area contributed by atoms with Crippen LogP contribution in [0.5, 0.6) is 0 Å². The Morgan fingerprint density at radius 3 is 2.23 bits per heavy atom. The van der Waals surface area contributed by atoms with Crippen LogP contribution in [-0.2, 0) is 9.59 Å². The molecule has 0 aromatic carbocycles. The molecule has 3 heterocycles. The van der Waals surface area contributed by atoms with E-state index in [0.717, 1.165) is 45.1 Å². The van der Waals surface area contributed by atoms with Gasteiger partial charge in [-0.25, -0.2) is 4.98 Å². The van der Waals surface area contributed by atoms with Crippen LogP contribution in [0.4, 0.5) is 5.82 Å². The van der Waals surface area contributed by atoms with Gasteiger partial charge in [0.2, 0.25) is 11.8 Å². The number of aromatic nitrogens is 1. The van der Waals surface area contributed by atoms with Crippen LogP contribution in [0.2, 0.25) is 0 Å². The monoisotopic (exact) mass is 360 g/mol. The number of pyridine rings is 1. The minimum atomic E-state index is 0.0237. The largest absolute Gasteiger partial charge is 0.358 e. The summed E-state index contributed by atoms with van der Waals surface area (Å²) in [7, 11) is 1.65. The van der Waals surface area contributed by atoms with Crippen LogP contribution in [0.15, 0.2) is 24.4 Å². The van der Waals surface area contributed by atoms with Gasteiger partial charge >= 0.3 is 0 Å². The van der Waals surface area contributed by atoms with Crippen LogP contribution < -0.4 is 10.2 Å². The highest BCUT2D eigenvalue weighted by Crippen LogP contribution is 2.12. The lowest BCUT2D eigenvalue weighted by molar-refractivity contribution is -0.134.